The molecule has 2 aliphatic rings. The van der Waals surface area contributed by atoms with Crippen LogP contribution in [0.2, 0.25) is 5.02 Å². The van der Waals surface area contributed by atoms with Crippen LogP contribution < -0.4 is 4.90 Å². The Morgan fingerprint density at radius 2 is 1.64 bits per heavy atom. The van der Waals surface area contributed by atoms with Crippen molar-refractivity contribution in [3.05, 3.63) is 76.4 Å². The standard InChI is InChI=1S/C32H37ClF3N5O4/c1-21-37-28(38-45-21)14-15-39(2)29(42)26-9-8-25(20-27(26)33)40-16-10-22(11-17-40)23-12-18-41(19-13-23)30(43)31(44,32(34,35)36)24-6-4-3-5-7-24/h3-9,20,22-23,44H,10-19H2,1-2H3/t31-/m1/s1. The second-order valence-corrected chi connectivity index (χ2v) is 12.3. The quantitative estimate of drug-likeness (QED) is 0.356. The van der Waals surface area contributed by atoms with E-state index in [0.29, 0.717) is 54.0 Å². The molecule has 1 aromatic heterocycles. The monoisotopic (exact) mass is 647 g/mol. The summed E-state index contributed by atoms with van der Waals surface area (Å²) < 4.78 is 47.0. The molecule has 0 bridgehead atoms. The smallest absolute Gasteiger partial charge is 0.371 e. The Hall–Kier alpha value is -3.64. The molecule has 3 heterocycles. The molecule has 0 spiro atoms. The number of carbonyl (C=O) groups is 2. The molecule has 0 radical (unpaired) electrons. The minimum absolute atomic E-state index is 0.170. The molecule has 2 aromatic carbocycles. The van der Waals surface area contributed by atoms with E-state index in [9.17, 15) is 27.9 Å². The number of rotatable bonds is 8. The number of hydrogen-bond acceptors (Lipinski definition) is 7. The van der Waals surface area contributed by atoms with E-state index in [1.54, 1.807) is 24.9 Å². The number of halogens is 4. The van der Waals surface area contributed by atoms with Gasteiger partial charge in [0.05, 0.1) is 10.6 Å². The maximum Gasteiger partial charge on any atom is 0.430 e. The summed E-state index contributed by atoms with van der Waals surface area (Å²) in [7, 11) is 1.70. The number of anilines is 1. The summed E-state index contributed by atoms with van der Waals surface area (Å²) in [6, 6.07) is 12.0. The van der Waals surface area contributed by atoms with Crippen LogP contribution in [0.1, 0.15) is 53.3 Å². The highest BCUT2D eigenvalue weighted by Gasteiger charge is 2.62. The number of hydrogen-bond donors (Lipinski definition) is 1. The number of aromatic nitrogens is 2. The minimum Gasteiger partial charge on any atom is -0.371 e. The van der Waals surface area contributed by atoms with Crippen LogP contribution in [0.15, 0.2) is 53.1 Å². The van der Waals surface area contributed by atoms with Crippen molar-refractivity contribution in [3.63, 3.8) is 0 Å². The Kier molecular flexibility index (Phi) is 9.74. The van der Waals surface area contributed by atoms with Gasteiger partial charge in [-0.15, -0.1) is 0 Å². The molecule has 1 N–H and O–H groups in total. The largest absolute Gasteiger partial charge is 0.430 e. The molecule has 2 aliphatic heterocycles. The maximum atomic E-state index is 14.0. The maximum absolute atomic E-state index is 14.0. The molecule has 2 saturated heterocycles. The van der Waals surface area contributed by atoms with Gasteiger partial charge in [-0.1, -0.05) is 47.1 Å². The van der Waals surface area contributed by atoms with Crippen molar-refractivity contribution in [1.82, 2.24) is 19.9 Å². The molecule has 0 saturated carbocycles. The fourth-order valence-corrected chi connectivity index (χ4v) is 6.67. The molecule has 9 nitrogen and oxygen atoms in total. The SMILES string of the molecule is Cc1nc(CCN(C)C(=O)c2ccc(N3CCC(C4CCN(C(=O)[C@](O)(c5ccccc5)C(F)(F)F)CC4)CC3)cc2Cl)no1. The van der Waals surface area contributed by atoms with Gasteiger partial charge in [0.25, 0.3) is 17.4 Å². The Balaban J connectivity index is 1.13. The van der Waals surface area contributed by atoms with Gasteiger partial charge in [0.2, 0.25) is 5.89 Å². The van der Waals surface area contributed by atoms with Crippen molar-refractivity contribution in [2.45, 2.75) is 50.8 Å². The molecule has 13 heteroatoms. The van der Waals surface area contributed by atoms with Crippen molar-refractivity contribution in [2.24, 2.45) is 11.8 Å². The number of aryl methyl sites for hydroxylation is 1. The number of likely N-dealkylation sites (tertiary alicyclic amines) is 1. The van der Waals surface area contributed by atoms with E-state index in [1.807, 2.05) is 12.1 Å². The van der Waals surface area contributed by atoms with Crippen LogP contribution in [0.5, 0.6) is 0 Å². The summed E-state index contributed by atoms with van der Waals surface area (Å²) in [5, 5.41) is 14.9. The lowest BCUT2D eigenvalue weighted by molar-refractivity contribution is -0.262. The van der Waals surface area contributed by atoms with Crippen molar-refractivity contribution < 1.29 is 32.4 Å². The summed E-state index contributed by atoms with van der Waals surface area (Å²) >= 11 is 6.56. The average Bonchev–Trinajstić information content (AvgIpc) is 3.47. The van der Waals surface area contributed by atoms with Crippen molar-refractivity contribution in [3.8, 4) is 0 Å². The second kappa shape index (κ2) is 13.4. The van der Waals surface area contributed by atoms with E-state index in [2.05, 4.69) is 15.0 Å². The topological polar surface area (TPSA) is 103 Å². The second-order valence-electron chi connectivity index (χ2n) is 11.9. The third-order valence-electron chi connectivity index (χ3n) is 9.08. The van der Waals surface area contributed by atoms with Gasteiger partial charge >= 0.3 is 6.18 Å². The molecule has 0 unspecified atom stereocenters. The van der Waals surface area contributed by atoms with Crippen LogP contribution in [0.25, 0.3) is 0 Å². The van der Waals surface area contributed by atoms with Crippen LogP contribution >= 0.6 is 11.6 Å². The summed E-state index contributed by atoms with van der Waals surface area (Å²) in [6.45, 7) is 4.01. The van der Waals surface area contributed by atoms with E-state index in [-0.39, 0.29) is 24.9 Å². The Morgan fingerprint density at radius 1 is 1.02 bits per heavy atom. The van der Waals surface area contributed by atoms with Gasteiger partial charge in [0.1, 0.15) is 0 Å². The highest BCUT2D eigenvalue weighted by atomic mass is 35.5. The summed E-state index contributed by atoms with van der Waals surface area (Å²) in [4.78, 5) is 35.2. The highest BCUT2D eigenvalue weighted by Crippen LogP contribution is 2.42. The van der Waals surface area contributed by atoms with Gasteiger partial charge in [-0.05, 0) is 55.7 Å². The number of alkyl halides is 3. The average molecular weight is 648 g/mol. The van der Waals surface area contributed by atoms with Gasteiger partial charge in [-0.25, -0.2) is 0 Å². The zero-order valence-corrected chi connectivity index (χ0v) is 26.0. The number of amides is 2. The number of likely N-dealkylation sites (N-methyl/N-ethyl adjacent to an activating group) is 1. The molecule has 3 aromatic rings. The van der Waals surface area contributed by atoms with E-state index >= 15 is 0 Å². The molecule has 5 rings (SSSR count). The van der Waals surface area contributed by atoms with E-state index in [0.717, 1.165) is 48.7 Å². The van der Waals surface area contributed by atoms with Crippen molar-refractivity contribution >= 4 is 29.1 Å². The predicted molar refractivity (Wildman–Crippen MR) is 162 cm³/mol. The molecule has 45 heavy (non-hydrogen) atoms. The fraction of sp³-hybridized carbons (Fsp3) is 0.500. The number of aliphatic hydroxyl groups is 1. The number of benzene rings is 2. The van der Waals surface area contributed by atoms with Crippen LogP contribution in [0, 0.1) is 18.8 Å². The lowest BCUT2D eigenvalue weighted by Crippen LogP contribution is -2.57. The highest BCUT2D eigenvalue weighted by molar-refractivity contribution is 6.34. The van der Waals surface area contributed by atoms with Gasteiger partial charge < -0.3 is 24.3 Å². The first-order valence-electron chi connectivity index (χ1n) is 15.1. The Labute approximate surface area is 264 Å². The van der Waals surface area contributed by atoms with Crippen molar-refractivity contribution in [2.75, 3.05) is 44.7 Å². The molecule has 1 atom stereocenters. The summed E-state index contributed by atoms with van der Waals surface area (Å²) in [5.41, 5.74) is -2.71. The zero-order chi connectivity index (χ0) is 32.4. The summed E-state index contributed by atoms with van der Waals surface area (Å²) in [6.07, 6.45) is -1.72. The molecular weight excluding hydrogens is 611 g/mol. The van der Waals surface area contributed by atoms with Gasteiger partial charge in [-0.3, -0.25) is 9.59 Å². The van der Waals surface area contributed by atoms with Gasteiger partial charge in [-0.2, -0.15) is 18.2 Å². The van der Waals surface area contributed by atoms with Crippen LogP contribution in [-0.4, -0.2) is 82.8 Å². The van der Waals surface area contributed by atoms with Crippen LogP contribution in [0.3, 0.4) is 0 Å². The van der Waals surface area contributed by atoms with Crippen molar-refractivity contribution in [1.29, 1.82) is 0 Å². The molecule has 242 valence electrons. The Bertz CT molecular complexity index is 1490. The van der Waals surface area contributed by atoms with Crippen LogP contribution in [-0.2, 0) is 16.8 Å². The summed E-state index contributed by atoms with van der Waals surface area (Å²) in [5.74, 6) is 0.146. The van der Waals surface area contributed by atoms with Crippen LogP contribution in [0.4, 0.5) is 18.9 Å². The normalized spacial score (nSPS) is 18.1. The number of piperidine rings is 2. The van der Waals surface area contributed by atoms with Gasteiger partial charge in [0, 0.05) is 64.4 Å². The number of nitrogens with zero attached hydrogens (tertiary/aromatic N) is 5. The van der Waals surface area contributed by atoms with Gasteiger partial charge in [0.15, 0.2) is 5.82 Å². The third-order valence-corrected chi connectivity index (χ3v) is 9.39. The first-order chi connectivity index (χ1) is 21.4. The first kappa shape index (κ1) is 32.7. The minimum atomic E-state index is -5.14. The van der Waals surface area contributed by atoms with E-state index in [4.69, 9.17) is 16.1 Å². The predicted octanol–water partition coefficient (Wildman–Crippen LogP) is 5.25. The molecular formula is C32H37ClF3N5O4. The third kappa shape index (κ3) is 6.96. The first-order valence-corrected chi connectivity index (χ1v) is 15.5. The lowest BCUT2D eigenvalue weighted by Gasteiger charge is -2.42. The zero-order valence-electron chi connectivity index (χ0n) is 25.3. The number of carbonyl (C=O) groups excluding carboxylic acids is 2. The molecule has 2 amide bonds. The van der Waals surface area contributed by atoms with E-state index in [1.165, 1.54) is 18.2 Å². The fourth-order valence-electron chi connectivity index (χ4n) is 6.41. The Morgan fingerprint density at radius 3 is 2.20 bits per heavy atom. The molecule has 2 fully saturated rings. The molecule has 0 aliphatic carbocycles. The van der Waals surface area contributed by atoms with E-state index < -0.39 is 23.2 Å². The lowest BCUT2D eigenvalue weighted by atomic mass is 9.78.